The molecule has 0 fully saturated rings. The van der Waals surface area contributed by atoms with E-state index >= 15 is 0 Å². The van der Waals surface area contributed by atoms with Gasteiger partial charge in [-0.1, -0.05) is 37.3 Å². The van der Waals surface area contributed by atoms with Crippen LogP contribution < -0.4 is 10.2 Å². The van der Waals surface area contributed by atoms with E-state index in [1.54, 1.807) is 43.4 Å². The third-order valence-corrected chi connectivity index (χ3v) is 5.16. The summed E-state index contributed by atoms with van der Waals surface area (Å²) >= 11 is 4.53. The Morgan fingerprint density at radius 2 is 1.96 bits per heavy atom. The summed E-state index contributed by atoms with van der Waals surface area (Å²) in [5, 5.41) is 12.2. The molecule has 2 heterocycles. The van der Waals surface area contributed by atoms with Crippen molar-refractivity contribution in [1.29, 1.82) is 0 Å². The van der Waals surface area contributed by atoms with Crippen molar-refractivity contribution >= 4 is 49.9 Å². The molecule has 0 unspecified atom stereocenters. The van der Waals surface area contributed by atoms with Gasteiger partial charge >= 0.3 is 0 Å². The SMILES string of the molecule is CC(C)Cc1nnc(NC(=O)c2ccccc2N(C)C(=O)c2ccc(Br)o2)s1. The third kappa shape index (κ3) is 4.66. The van der Waals surface area contributed by atoms with Gasteiger partial charge in [0.1, 0.15) is 5.01 Å². The first-order valence-corrected chi connectivity index (χ1v) is 10.2. The van der Waals surface area contributed by atoms with Crippen molar-refractivity contribution in [3.05, 3.63) is 57.4 Å². The van der Waals surface area contributed by atoms with E-state index < -0.39 is 0 Å². The van der Waals surface area contributed by atoms with Gasteiger partial charge in [0.05, 0.1) is 11.3 Å². The van der Waals surface area contributed by atoms with E-state index in [9.17, 15) is 9.59 Å². The molecule has 9 heteroatoms. The van der Waals surface area contributed by atoms with Crippen LogP contribution in [0.2, 0.25) is 0 Å². The summed E-state index contributed by atoms with van der Waals surface area (Å²) in [5.41, 5.74) is 0.814. The van der Waals surface area contributed by atoms with Crippen molar-refractivity contribution in [3.63, 3.8) is 0 Å². The number of hydrogen-bond donors (Lipinski definition) is 1. The Morgan fingerprint density at radius 3 is 2.64 bits per heavy atom. The van der Waals surface area contributed by atoms with Crippen molar-refractivity contribution in [2.24, 2.45) is 5.92 Å². The number of amides is 2. The molecule has 0 bridgehead atoms. The summed E-state index contributed by atoms with van der Waals surface area (Å²) in [5.74, 6) is -0.0882. The summed E-state index contributed by atoms with van der Waals surface area (Å²) in [4.78, 5) is 26.8. The lowest BCUT2D eigenvalue weighted by Crippen LogP contribution is -2.28. The summed E-state index contributed by atoms with van der Waals surface area (Å²) < 4.78 is 5.79. The standard InChI is InChI=1S/C19H19BrN4O3S/c1-11(2)10-16-22-23-19(28-16)21-17(25)12-6-4-5-7-13(12)24(3)18(26)14-8-9-15(20)27-14/h4-9,11H,10H2,1-3H3,(H,21,23,25). The van der Waals surface area contributed by atoms with E-state index in [0.29, 0.717) is 27.0 Å². The number of para-hydroxylation sites is 1. The molecule has 1 aromatic carbocycles. The topological polar surface area (TPSA) is 88.3 Å². The zero-order valence-corrected chi connectivity index (χ0v) is 18.0. The molecule has 2 amide bonds. The van der Waals surface area contributed by atoms with E-state index in [1.807, 2.05) is 0 Å². The molecule has 0 radical (unpaired) electrons. The Morgan fingerprint density at radius 1 is 1.21 bits per heavy atom. The molecular formula is C19H19BrN4O3S. The Labute approximate surface area is 174 Å². The smallest absolute Gasteiger partial charge is 0.293 e. The maximum atomic E-state index is 12.8. The fourth-order valence-electron chi connectivity index (χ4n) is 2.56. The molecule has 0 aliphatic heterocycles. The summed E-state index contributed by atoms with van der Waals surface area (Å²) in [6.07, 6.45) is 0.806. The highest BCUT2D eigenvalue weighted by molar-refractivity contribution is 9.10. The monoisotopic (exact) mass is 462 g/mol. The van der Waals surface area contributed by atoms with Crippen LogP contribution in [0.25, 0.3) is 0 Å². The van der Waals surface area contributed by atoms with Crippen LogP contribution in [0.15, 0.2) is 45.5 Å². The van der Waals surface area contributed by atoms with Gasteiger partial charge < -0.3 is 9.32 Å². The minimum Gasteiger partial charge on any atom is -0.444 e. The van der Waals surface area contributed by atoms with Gasteiger partial charge in [0, 0.05) is 13.5 Å². The van der Waals surface area contributed by atoms with Gasteiger partial charge in [-0.2, -0.15) is 0 Å². The highest BCUT2D eigenvalue weighted by Gasteiger charge is 2.22. The average Bonchev–Trinajstić information content (AvgIpc) is 3.28. The van der Waals surface area contributed by atoms with Crippen LogP contribution in [0.1, 0.15) is 39.8 Å². The van der Waals surface area contributed by atoms with Crippen LogP contribution in [0.5, 0.6) is 0 Å². The number of nitrogens with one attached hydrogen (secondary N) is 1. The molecule has 0 atom stereocenters. The molecule has 0 saturated carbocycles. The van der Waals surface area contributed by atoms with Gasteiger partial charge in [-0.05, 0) is 46.1 Å². The Bertz CT molecular complexity index is 998. The normalized spacial score (nSPS) is 10.9. The zero-order valence-electron chi connectivity index (χ0n) is 15.6. The van der Waals surface area contributed by atoms with Gasteiger partial charge in [-0.25, -0.2) is 0 Å². The van der Waals surface area contributed by atoms with Crippen molar-refractivity contribution in [2.75, 3.05) is 17.3 Å². The van der Waals surface area contributed by atoms with Crippen molar-refractivity contribution in [3.8, 4) is 0 Å². The fraction of sp³-hybridized carbons (Fsp3) is 0.263. The van der Waals surface area contributed by atoms with Crippen LogP contribution in [-0.2, 0) is 6.42 Å². The van der Waals surface area contributed by atoms with E-state index in [-0.39, 0.29) is 17.6 Å². The van der Waals surface area contributed by atoms with Gasteiger partial charge in [-0.15, -0.1) is 10.2 Å². The van der Waals surface area contributed by atoms with Gasteiger partial charge in [0.25, 0.3) is 11.8 Å². The lowest BCUT2D eigenvalue weighted by molar-refractivity contribution is 0.0965. The maximum absolute atomic E-state index is 12.8. The molecule has 2 aromatic heterocycles. The number of nitrogens with zero attached hydrogens (tertiary/aromatic N) is 3. The van der Waals surface area contributed by atoms with Gasteiger partial charge in [0.2, 0.25) is 5.13 Å². The van der Waals surface area contributed by atoms with Crippen molar-refractivity contribution in [1.82, 2.24) is 10.2 Å². The highest BCUT2D eigenvalue weighted by Crippen LogP contribution is 2.25. The Hall–Kier alpha value is -2.52. The number of halogens is 1. The first-order chi connectivity index (χ1) is 13.3. The second-order valence-corrected chi connectivity index (χ2v) is 8.38. The second-order valence-electron chi connectivity index (χ2n) is 6.54. The molecule has 146 valence electrons. The molecule has 7 nitrogen and oxygen atoms in total. The van der Waals surface area contributed by atoms with Gasteiger partial charge in [-0.3, -0.25) is 14.9 Å². The molecule has 0 aliphatic carbocycles. The Balaban J connectivity index is 1.80. The molecule has 3 aromatic rings. The van der Waals surface area contributed by atoms with E-state index in [1.165, 1.54) is 16.2 Å². The highest BCUT2D eigenvalue weighted by atomic mass is 79.9. The van der Waals surface area contributed by atoms with E-state index in [2.05, 4.69) is 45.3 Å². The molecule has 1 N–H and O–H groups in total. The van der Waals surface area contributed by atoms with Gasteiger partial charge in [0.15, 0.2) is 10.4 Å². The summed E-state index contributed by atoms with van der Waals surface area (Å²) in [6, 6.07) is 10.1. The average molecular weight is 463 g/mol. The van der Waals surface area contributed by atoms with Crippen LogP contribution in [0, 0.1) is 5.92 Å². The van der Waals surface area contributed by atoms with Crippen LogP contribution >= 0.6 is 27.3 Å². The number of benzene rings is 1. The molecular weight excluding hydrogens is 444 g/mol. The number of anilines is 2. The number of hydrogen-bond acceptors (Lipinski definition) is 6. The van der Waals surface area contributed by atoms with Crippen LogP contribution in [-0.4, -0.2) is 29.1 Å². The number of carbonyl (C=O) groups is 2. The third-order valence-electron chi connectivity index (χ3n) is 3.87. The molecule has 3 rings (SSSR count). The quantitative estimate of drug-likeness (QED) is 0.576. The van der Waals surface area contributed by atoms with Crippen LogP contribution in [0.4, 0.5) is 10.8 Å². The van der Waals surface area contributed by atoms with Crippen molar-refractivity contribution < 1.29 is 14.0 Å². The number of carbonyl (C=O) groups excluding carboxylic acids is 2. The molecule has 0 saturated heterocycles. The summed E-state index contributed by atoms with van der Waals surface area (Å²) in [7, 11) is 1.59. The van der Waals surface area contributed by atoms with Crippen molar-refractivity contribution in [2.45, 2.75) is 20.3 Å². The number of aromatic nitrogens is 2. The molecule has 0 aliphatic rings. The predicted molar refractivity (Wildman–Crippen MR) is 112 cm³/mol. The molecule has 0 spiro atoms. The minimum atomic E-state index is -0.360. The lowest BCUT2D eigenvalue weighted by Gasteiger charge is -2.19. The predicted octanol–water partition coefficient (Wildman–Crippen LogP) is 4.62. The second kappa shape index (κ2) is 8.66. The fourth-order valence-corrected chi connectivity index (χ4v) is 3.82. The van der Waals surface area contributed by atoms with Crippen LogP contribution in [0.3, 0.4) is 0 Å². The minimum absolute atomic E-state index is 0.173. The van der Waals surface area contributed by atoms with E-state index in [0.717, 1.165) is 11.4 Å². The zero-order chi connectivity index (χ0) is 20.3. The first kappa shape index (κ1) is 20.2. The largest absolute Gasteiger partial charge is 0.444 e. The summed E-state index contributed by atoms with van der Waals surface area (Å²) in [6.45, 7) is 4.20. The number of rotatable bonds is 6. The van der Waals surface area contributed by atoms with E-state index in [4.69, 9.17) is 4.42 Å². The Kier molecular flexibility index (Phi) is 6.25. The number of furan rings is 1. The lowest BCUT2D eigenvalue weighted by atomic mass is 10.1. The maximum Gasteiger partial charge on any atom is 0.293 e. The first-order valence-electron chi connectivity index (χ1n) is 8.61. The molecule has 28 heavy (non-hydrogen) atoms.